The molecule has 7 heteroatoms. The van der Waals surface area contributed by atoms with Gasteiger partial charge in [-0.3, -0.25) is 14.2 Å². The maximum Gasteiger partial charge on any atom is 0.271 e. The number of nitrogen functional groups attached to an aromatic ring is 1. The Kier molecular flexibility index (Phi) is 3.74. The Morgan fingerprint density at radius 1 is 1.16 bits per heavy atom. The topological polar surface area (TPSA) is 98.2 Å². The summed E-state index contributed by atoms with van der Waals surface area (Å²) in [6, 6.07) is 11.5. The third-order valence-electron chi connectivity index (χ3n) is 3.97. The van der Waals surface area contributed by atoms with Gasteiger partial charge in [-0.15, -0.1) is 0 Å². The summed E-state index contributed by atoms with van der Waals surface area (Å²) in [6.45, 7) is 0.495. The average Bonchev–Trinajstić information content (AvgIpc) is 3.02. The Morgan fingerprint density at radius 2 is 2.04 bits per heavy atom. The first-order valence-electron chi connectivity index (χ1n) is 7.93. The Bertz CT molecular complexity index is 1060. The highest BCUT2D eigenvalue weighted by atomic mass is 16.1. The van der Waals surface area contributed by atoms with Gasteiger partial charge in [-0.1, -0.05) is 18.2 Å². The summed E-state index contributed by atoms with van der Waals surface area (Å²) in [4.78, 5) is 25.1. The quantitative estimate of drug-likeness (QED) is 0.594. The fourth-order valence-electron chi connectivity index (χ4n) is 2.75. The highest BCUT2D eigenvalue weighted by Gasteiger charge is 2.14. The number of imidazole rings is 1. The number of nitrogens with zero attached hydrogens (tertiary/aromatic N) is 4. The van der Waals surface area contributed by atoms with E-state index in [0.29, 0.717) is 18.6 Å². The standard InChI is InChI=1S/C18H16N6O/c19-16-17-23-13-5-1-2-6-15(13)24(17)11-14(22-16)18(25)21-9-7-12-4-3-8-20-10-12/h1-6,8,10-11H,7,9H2,(H2,19,22)(H,21,25). The number of anilines is 1. The summed E-state index contributed by atoms with van der Waals surface area (Å²) in [5.74, 6) is -0.0358. The molecule has 25 heavy (non-hydrogen) atoms. The van der Waals surface area contributed by atoms with Gasteiger partial charge in [0.25, 0.3) is 5.91 Å². The number of benzene rings is 1. The van der Waals surface area contributed by atoms with E-state index in [9.17, 15) is 4.79 Å². The molecule has 0 bridgehead atoms. The molecule has 0 aliphatic rings. The van der Waals surface area contributed by atoms with E-state index in [0.717, 1.165) is 16.6 Å². The smallest absolute Gasteiger partial charge is 0.271 e. The van der Waals surface area contributed by atoms with Crippen molar-refractivity contribution in [2.45, 2.75) is 6.42 Å². The first-order chi connectivity index (χ1) is 12.2. The molecule has 3 aromatic heterocycles. The fourth-order valence-corrected chi connectivity index (χ4v) is 2.75. The Balaban J connectivity index is 1.58. The number of para-hydroxylation sites is 2. The zero-order valence-corrected chi connectivity index (χ0v) is 13.4. The van der Waals surface area contributed by atoms with Crippen LogP contribution in [-0.2, 0) is 6.42 Å². The second-order valence-corrected chi connectivity index (χ2v) is 5.67. The van der Waals surface area contributed by atoms with Crippen LogP contribution in [0.1, 0.15) is 16.1 Å². The van der Waals surface area contributed by atoms with Crippen LogP contribution in [0.5, 0.6) is 0 Å². The van der Waals surface area contributed by atoms with Gasteiger partial charge < -0.3 is 11.1 Å². The van der Waals surface area contributed by atoms with Gasteiger partial charge in [0.2, 0.25) is 0 Å². The molecule has 0 saturated heterocycles. The molecule has 0 unspecified atom stereocenters. The van der Waals surface area contributed by atoms with E-state index < -0.39 is 0 Å². The van der Waals surface area contributed by atoms with Crippen molar-refractivity contribution in [3.63, 3.8) is 0 Å². The van der Waals surface area contributed by atoms with Crippen molar-refractivity contribution < 1.29 is 4.79 Å². The molecular formula is C18H16N6O. The van der Waals surface area contributed by atoms with Crippen LogP contribution in [-0.4, -0.2) is 31.8 Å². The Hall–Kier alpha value is -3.48. The number of rotatable bonds is 4. The molecule has 1 amide bonds. The first kappa shape index (κ1) is 15.1. The number of carbonyl (C=O) groups is 1. The average molecular weight is 332 g/mol. The minimum absolute atomic E-state index is 0.233. The van der Waals surface area contributed by atoms with Crippen LogP contribution in [0.25, 0.3) is 16.7 Å². The zero-order valence-electron chi connectivity index (χ0n) is 13.4. The van der Waals surface area contributed by atoms with E-state index in [1.807, 2.05) is 36.4 Å². The molecule has 0 aliphatic heterocycles. The molecule has 3 N–H and O–H groups in total. The molecular weight excluding hydrogens is 316 g/mol. The summed E-state index contributed by atoms with van der Waals surface area (Å²) in [6.07, 6.45) is 5.87. The monoisotopic (exact) mass is 332 g/mol. The normalized spacial score (nSPS) is 11.0. The third-order valence-corrected chi connectivity index (χ3v) is 3.97. The summed E-state index contributed by atoms with van der Waals surface area (Å²) >= 11 is 0. The second-order valence-electron chi connectivity index (χ2n) is 5.67. The predicted molar refractivity (Wildman–Crippen MR) is 95.2 cm³/mol. The van der Waals surface area contributed by atoms with Crippen molar-refractivity contribution >= 4 is 28.4 Å². The highest BCUT2D eigenvalue weighted by Crippen LogP contribution is 2.19. The van der Waals surface area contributed by atoms with Gasteiger partial charge in [0.15, 0.2) is 11.5 Å². The number of amides is 1. The maximum atomic E-state index is 12.4. The molecule has 0 radical (unpaired) electrons. The van der Waals surface area contributed by atoms with Crippen LogP contribution in [0.3, 0.4) is 0 Å². The fraction of sp³-hybridized carbons (Fsp3) is 0.111. The van der Waals surface area contributed by atoms with Crippen LogP contribution in [0.2, 0.25) is 0 Å². The van der Waals surface area contributed by atoms with Crippen LogP contribution < -0.4 is 11.1 Å². The third kappa shape index (κ3) is 2.87. The lowest BCUT2D eigenvalue weighted by molar-refractivity contribution is 0.0949. The van der Waals surface area contributed by atoms with Gasteiger partial charge in [-0.2, -0.15) is 0 Å². The summed E-state index contributed by atoms with van der Waals surface area (Å²) in [7, 11) is 0. The van der Waals surface area contributed by atoms with E-state index in [1.165, 1.54) is 0 Å². The molecule has 4 aromatic rings. The number of nitrogens with two attached hydrogens (primary N) is 1. The summed E-state index contributed by atoms with van der Waals surface area (Å²) in [5.41, 5.74) is 9.57. The number of hydrogen-bond acceptors (Lipinski definition) is 5. The molecule has 0 spiro atoms. The largest absolute Gasteiger partial charge is 0.381 e. The molecule has 0 saturated carbocycles. The van der Waals surface area contributed by atoms with Crippen molar-refractivity contribution in [3.8, 4) is 0 Å². The van der Waals surface area contributed by atoms with Gasteiger partial charge in [0.1, 0.15) is 5.69 Å². The number of nitrogens with one attached hydrogen (secondary N) is 1. The SMILES string of the molecule is Nc1nc(C(=O)NCCc2cccnc2)cn2c1nc1ccccc12. The predicted octanol–water partition coefficient (Wildman–Crippen LogP) is 1.83. The lowest BCUT2D eigenvalue weighted by Gasteiger charge is -2.06. The van der Waals surface area contributed by atoms with Crippen molar-refractivity contribution in [1.29, 1.82) is 0 Å². The number of hydrogen-bond donors (Lipinski definition) is 2. The number of aromatic nitrogens is 4. The van der Waals surface area contributed by atoms with Crippen molar-refractivity contribution in [1.82, 2.24) is 24.7 Å². The number of pyridine rings is 1. The van der Waals surface area contributed by atoms with Crippen LogP contribution >= 0.6 is 0 Å². The van der Waals surface area contributed by atoms with E-state index in [2.05, 4.69) is 20.3 Å². The van der Waals surface area contributed by atoms with Crippen molar-refractivity contribution in [2.75, 3.05) is 12.3 Å². The molecule has 7 nitrogen and oxygen atoms in total. The Labute approximate surface area is 143 Å². The number of carbonyl (C=O) groups excluding carboxylic acids is 1. The summed E-state index contributed by atoms with van der Waals surface area (Å²) < 4.78 is 1.80. The minimum atomic E-state index is -0.268. The van der Waals surface area contributed by atoms with Crippen LogP contribution in [0.15, 0.2) is 55.0 Å². The van der Waals surface area contributed by atoms with Gasteiger partial charge in [-0.25, -0.2) is 9.97 Å². The molecule has 1 aromatic carbocycles. The first-order valence-corrected chi connectivity index (χ1v) is 7.93. The van der Waals surface area contributed by atoms with Crippen LogP contribution in [0, 0.1) is 0 Å². The van der Waals surface area contributed by atoms with E-state index >= 15 is 0 Å². The summed E-state index contributed by atoms with van der Waals surface area (Å²) in [5, 5.41) is 2.86. The van der Waals surface area contributed by atoms with Gasteiger partial charge in [0, 0.05) is 25.1 Å². The molecule has 4 rings (SSSR count). The van der Waals surface area contributed by atoms with Crippen LogP contribution in [0.4, 0.5) is 5.82 Å². The van der Waals surface area contributed by atoms with E-state index in [1.54, 1.807) is 23.0 Å². The maximum absolute atomic E-state index is 12.4. The second kappa shape index (κ2) is 6.20. The number of fused-ring (bicyclic) bond motifs is 3. The molecule has 3 heterocycles. The zero-order chi connectivity index (χ0) is 17.2. The lowest BCUT2D eigenvalue weighted by atomic mass is 10.2. The van der Waals surface area contributed by atoms with Crippen molar-refractivity contribution in [3.05, 3.63) is 66.2 Å². The minimum Gasteiger partial charge on any atom is -0.381 e. The Morgan fingerprint density at radius 3 is 2.88 bits per heavy atom. The van der Waals surface area contributed by atoms with Crippen molar-refractivity contribution in [2.24, 2.45) is 0 Å². The molecule has 124 valence electrons. The molecule has 0 aliphatic carbocycles. The van der Waals surface area contributed by atoms with E-state index in [-0.39, 0.29) is 17.4 Å². The highest BCUT2D eigenvalue weighted by molar-refractivity contribution is 5.94. The molecule has 0 fully saturated rings. The lowest BCUT2D eigenvalue weighted by Crippen LogP contribution is -2.27. The van der Waals surface area contributed by atoms with Gasteiger partial charge >= 0.3 is 0 Å². The molecule has 0 atom stereocenters. The van der Waals surface area contributed by atoms with Gasteiger partial charge in [0.05, 0.1) is 11.0 Å². The van der Waals surface area contributed by atoms with Gasteiger partial charge in [-0.05, 0) is 30.2 Å². The van der Waals surface area contributed by atoms with E-state index in [4.69, 9.17) is 5.73 Å².